The third-order valence-electron chi connectivity index (χ3n) is 3.94. The molecule has 1 saturated carbocycles. The summed E-state index contributed by atoms with van der Waals surface area (Å²) in [7, 11) is 0. The van der Waals surface area contributed by atoms with E-state index in [9.17, 15) is 9.59 Å². The van der Waals surface area contributed by atoms with Crippen molar-refractivity contribution in [2.24, 2.45) is 5.92 Å². The van der Waals surface area contributed by atoms with Crippen LogP contribution in [0.2, 0.25) is 0 Å². The third-order valence-corrected chi connectivity index (χ3v) is 3.94. The molecular formula is C15H21NO4. The Hall–Kier alpha value is -1.78. The van der Waals surface area contributed by atoms with Crippen molar-refractivity contribution in [2.45, 2.75) is 52.0 Å². The van der Waals surface area contributed by atoms with Crippen molar-refractivity contribution < 1.29 is 19.1 Å². The monoisotopic (exact) mass is 279 g/mol. The quantitative estimate of drug-likeness (QED) is 0.867. The van der Waals surface area contributed by atoms with Gasteiger partial charge in [-0.2, -0.15) is 0 Å². The van der Waals surface area contributed by atoms with Crippen molar-refractivity contribution in [3.63, 3.8) is 0 Å². The van der Waals surface area contributed by atoms with Crippen LogP contribution in [0.5, 0.6) is 0 Å². The number of carbonyl (C=O) groups excluding carboxylic acids is 1. The number of carboxylic acid groups (broad SMARTS) is 1. The van der Waals surface area contributed by atoms with E-state index in [1.54, 1.807) is 6.07 Å². The Labute approximate surface area is 118 Å². The van der Waals surface area contributed by atoms with Crippen LogP contribution in [0.1, 0.15) is 55.0 Å². The lowest BCUT2D eigenvalue weighted by Gasteiger charge is -2.10. The molecule has 1 amide bonds. The van der Waals surface area contributed by atoms with Gasteiger partial charge in [0.15, 0.2) is 5.76 Å². The molecule has 0 spiro atoms. The second kappa shape index (κ2) is 6.11. The first-order chi connectivity index (χ1) is 9.55. The molecule has 0 bridgehead atoms. The maximum absolute atomic E-state index is 12.1. The Balaban J connectivity index is 1.99. The van der Waals surface area contributed by atoms with Gasteiger partial charge in [0.1, 0.15) is 5.76 Å². The molecule has 110 valence electrons. The number of hydrogen-bond acceptors (Lipinski definition) is 3. The number of furan rings is 1. The van der Waals surface area contributed by atoms with Gasteiger partial charge in [-0.3, -0.25) is 9.59 Å². The number of aliphatic carboxylic acids is 1. The van der Waals surface area contributed by atoms with Gasteiger partial charge in [0.2, 0.25) is 0 Å². The van der Waals surface area contributed by atoms with Crippen LogP contribution in [-0.4, -0.2) is 23.0 Å². The highest BCUT2D eigenvalue weighted by molar-refractivity contribution is 5.92. The Morgan fingerprint density at radius 2 is 2.10 bits per heavy atom. The Morgan fingerprint density at radius 3 is 2.60 bits per heavy atom. The lowest BCUT2D eigenvalue weighted by molar-refractivity contribution is -0.141. The molecule has 1 heterocycles. The molecule has 5 nitrogen and oxygen atoms in total. The molecule has 1 aliphatic rings. The molecule has 5 heteroatoms. The highest BCUT2D eigenvalue weighted by atomic mass is 16.4. The summed E-state index contributed by atoms with van der Waals surface area (Å²) in [5.74, 6) is -0.170. The standard InChI is InChI=1S/C15H21NO4/c1-3-9-8-13(20-12(9)4-2)14(17)16-11-6-5-10(7-11)15(18)19/h8,10-11H,3-7H2,1-2H3,(H,16,17)(H,18,19)/t10-,11+/m1/s1. The molecule has 1 fully saturated rings. The van der Waals surface area contributed by atoms with Crippen molar-refractivity contribution in [3.8, 4) is 0 Å². The van der Waals surface area contributed by atoms with Crippen LogP contribution in [-0.2, 0) is 17.6 Å². The SMILES string of the molecule is CCc1cc(C(=O)N[C@H]2CC[C@@H](C(=O)O)C2)oc1CC. The molecule has 1 aliphatic carbocycles. The maximum Gasteiger partial charge on any atom is 0.306 e. The molecule has 2 atom stereocenters. The summed E-state index contributed by atoms with van der Waals surface area (Å²) in [6, 6.07) is 1.72. The van der Waals surface area contributed by atoms with E-state index in [1.807, 2.05) is 13.8 Å². The fraction of sp³-hybridized carbons (Fsp3) is 0.600. The number of hydrogen-bond donors (Lipinski definition) is 2. The summed E-state index contributed by atoms with van der Waals surface area (Å²) in [5.41, 5.74) is 1.06. The number of rotatable bonds is 5. The Kier molecular flexibility index (Phi) is 4.47. The van der Waals surface area contributed by atoms with E-state index < -0.39 is 5.97 Å². The van der Waals surface area contributed by atoms with Gasteiger partial charge < -0.3 is 14.8 Å². The van der Waals surface area contributed by atoms with Crippen LogP contribution < -0.4 is 5.32 Å². The first kappa shape index (κ1) is 14.6. The largest absolute Gasteiger partial charge is 0.481 e. The van der Waals surface area contributed by atoms with E-state index in [0.29, 0.717) is 25.0 Å². The van der Waals surface area contributed by atoms with Crippen LogP contribution in [0.3, 0.4) is 0 Å². The molecule has 1 aromatic rings. The van der Waals surface area contributed by atoms with E-state index in [1.165, 1.54) is 0 Å². The highest BCUT2D eigenvalue weighted by Crippen LogP contribution is 2.26. The molecular weight excluding hydrogens is 258 g/mol. The van der Waals surface area contributed by atoms with Gasteiger partial charge in [0, 0.05) is 12.5 Å². The predicted molar refractivity (Wildman–Crippen MR) is 73.7 cm³/mol. The van der Waals surface area contributed by atoms with Gasteiger partial charge in [-0.05, 0) is 37.3 Å². The molecule has 0 unspecified atom stereocenters. The minimum atomic E-state index is -0.777. The number of nitrogens with one attached hydrogen (secondary N) is 1. The molecule has 0 radical (unpaired) electrons. The van der Waals surface area contributed by atoms with Gasteiger partial charge in [-0.25, -0.2) is 0 Å². The van der Waals surface area contributed by atoms with Gasteiger partial charge in [-0.1, -0.05) is 13.8 Å². The van der Waals surface area contributed by atoms with E-state index in [2.05, 4.69) is 5.32 Å². The zero-order chi connectivity index (χ0) is 14.7. The minimum Gasteiger partial charge on any atom is -0.481 e. The lowest BCUT2D eigenvalue weighted by atomic mass is 10.1. The van der Waals surface area contributed by atoms with Crippen LogP contribution in [0.4, 0.5) is 0 Å². The normalized spacial score (nSPS) is 21.9. The topological polar surface area (TPSA) is 79.5 Å². The predicted octanol–water partition coefficient (Wildman–Crippen LogP) is 2.39. The zero-order valence-corrected chi connectivity index (χ0v) is 11.9. The Morgan fingerprint density at radius 1 is 1.35 bits per heavy atom. The average molecular weight is 279 g/mol. The fourth-order valence-electron chi connectivity index (χ4n) is 2.77. The van der Waals surface area contributed by atoms with Gasteiger partial charge in [0.05, 0.1) is 5.92 Å². The van der Waals surface area contributed by atoms with E-state index in [0.717, 1.165) is 24.2 Å². The maximum atomic E-state index is 12.1. The first-order valence-electron chi connectivity index (χ1n) is 7.20. The first-order valence-corrected chi connectivity index (χ1v) is 7.20. The third kappa shape index (κ3) is 3.03. The summed E-state index contributed by atoms with van der Waals surface area (Å²) in [5, 5.41) is 11.8. The van der Waals surface area contributed by atoms with E-state index >= 15 is 0 Å². The molecule has 0 saturated heterocycles. The van der Waals surface area contributed by atoms with Crippen LogP contribution in [0.15, 0.2) is 10.5 Å². The van der Waals surface area contributed by atoms with Crippen LogP contribution in [0, 0.1) is 5.92 Å². The summed E-state index contributed by atoms with van der Waals surface area (Å²) in [6.45, 7) is 4.02. The summed E-state index contributed by atoms with van der Waals surface area (Å²) >= 11 is 0. The summed E-state index contributed by atoms with van der Waals surface area (Å²) in [4.78, 5) is 23.0. The number of carboxylic acids is 1. The van der Waals surface area contributed by atoms with E-state index in [-0.39, 0.29) is 17.9 Å². The molecule has 2 rings (SSSR count). The Bertz CT molecular complexity index is 484. The highest BCUT2D eigenvalue weighted by Gasteiger charge is 2.31. The van der Waals surface area contributed by atoms with Gasteiger partial charge in [0.25, 0.3) is 5.91 Å². The molecule has 0 aliphatic heterocycles. The molecule has 20 heavy (non-hydrogen) atoms. The summed E-state index contributed by atoms with van der Waals surface area (Å²) in [6.07, 6.45) is 3.44. The minimum absolute atomic E-state index is 0.0659. The van der Waals surface area contributed by atoms with Gasteiger partial charge in [-0.15, -0.1) is 0 Å². The lowest BCUT2D eigenvalue weighted by Crippen LogP contribution is -2.33. The second-order valence-electron chi connectivity index (χ2n) is 5.28. The molecule has 0 aromatic carbocycles. The summed E-state index contributed by atoms with van der Waals surface area (Å²) < 4.78 is 5.57. The zero-order valence-electron chi connectivity index (χ0n) is 11.9. The fourth-order valence-corrected chi connectivity index (χ4v) is 2.77. The van der Waals surface area contributed by atoms with E-state index in [4.69, 9.17) is 9.52 Å². The molecule has 2 N–H and O–H groups in total. The number of amides is 1. The average Bonchev–Trinajstić information content (AvgIpc) is 3.04. The van der Waals surface area contributed by atoms with Crippen molar-refractivity contribution in [1.29, 1.82) is 0 Å². The van der Waals surface area contributed by atoms with Gasteiger partial charge >= 0.3 is 5.97 Å². The number of aryl methyl sites for hydroxylation is 2. The molecule has 1 aromatic heterocycles. The van der Waals surface area contributed by atoms with Crippen molar-refractivity contribution in [3.05, 3.63) is 23.2 Å². The van der Waals surface area contributed by atoms with Crippen molar-refractivity contribution in [2.75, 3.05) is 0 Å². The van der Waals surface area contributed by atoms with Crippen LogP contribution in [0.25, 0.3) is 0 Å². The van der Waals surface area contributed by atoms with Crippen molar-refractivity contribution in [1.82, 2.24) is 5.32 Å². The second-order valence-corrected chi connectivity index (χ2v) is 5.28. The number of carbonyl (C=O) groups is 2. The van der Waals surface area contributed by atoms with Crippen LogP contribution >= 0.6 is 0 Å². The van der Waals surface area contributed by atoms with Crippen molar-refractivity contribution >= 4 is 11.9 Å². The smallest absolute Gasteiger partial charge is 0.306 e.